The SMILES string of the molecule is CN(CC(=O)N1CCC(O)CC1)Cc1c(Cl)cccc1Cl. The Morgan fingerprint density at radius 2 is 1.90 bits per heavy atom. The van der Waals surface area contributed by atoms with Crippen molar-refractivity contribution in [3.8, 4) is 0 Å². The molecule has 1 amide bonds. The van der Waals surface area contributed by atoms with Gasteiger partial charge in [-0.2, -0.15) is 0 Å². The van der Waals surface area contributed by atoms with E-state index in [-0.39, 0.29) is 12.0 Å². The van der Waals surface area contributed by atoms with Crippen LogP contribution < -0.4 is 0 Å². The average molecular weight is 331 g/mol. The number of aliphatic hydroxyl groups is 1. The van der Waals surface area contributed by atoms with Crippen LogP contribution in [0, 0.1) is 0 Å². The first kappa shape index (κ1) is 16.6. The number of aliphatic hydroxyl groups excluding tert-OH is 1. The molecule has 1 aliphatic rings. The number of halogens is 2. The Morgan fingerprint density at radius 3 is 2.48 bits per heavy atom. The van der Waals surface area contributed by atoms with Gasteiger partial charge in [-0.15, -0.1) is 0 Å². The van der Waals surface area contributed by atoms with Crippen LogP contribution in [0.4, 0.5) is 0 Å². The number of hydrogen-bond donors (Lipinski definition) is 1. The Hall–Kier alpha value is -0.810. The first-order valence-corrected chi connectivity index (χ1v) is 7.80. The molecule has 1 aromatic rings. The van der Waals surface area contributed by atoms with Crippen molar-refractivity contribution in [3.63, 3.8) is 0 Å². The number of carbonyl (C=O) groups is 1. The van der Waals surface area contributed by atoms with E-state index in [4.69, 9.17) is 23.2 Å². The fraction of sp³-hybridized carbons (Fsp3) is 0.533. The fourth-order valence-corrected chi connectivity index (χ4v) is 2.97. The van der Waals surface area contributed by atoms with Crippen molar-refractivity contribution in [1.82, 2.24) is 9.80 Å². The topological polar surface area (TPSA) is 43.8 Å². The molecule has 0 bridgehead atoms. The summed E-state index contributed by atoms with van der Waals surface area (Å²) < 4.78 is 0. The maximum Gasteiger partial charge on any atom is 0.236 e. The highest BCUT2D eigenvalue weighted by atomic mass is 35.5. The monoisotopic (exact) mass is 330 g/mol. The summed E-state index contributed by atoms with van der Waals surface area (Å²) in [5.74, 6) is 0.0765. The molecule has 0 radical (unpaired) electrons. The fourth-order valence-electron chi connectivity index (χ4n) is 2.46. The predicted molar refractivity (Wildman–Crippen MR) is 84.6 cm³/mol. The van der Waals surface area contributed by atoms with Gasteiger partial charge in [-0.05, 0) is 32.0 Å². The zero-order valence-corrected chi connectivity index (χ0v) is 13.6. The van der Waals surface area contributed by atoms with Gasteiger partial charge in [0.1, 0.15) is 0 Å². The number of piperidine rings is 1. The van der Waals surface area contributed by atoms with Crippen molar-refractivity contribution in [3.05, 3.63) is 33.8 Å². The van der Waals surface area contributed by atoms with E-state index in [9.17, 15) is 9.90 Å². The van der Waals surface area contributed by atoms with Crippen molar-refractivity contribution in [2.24, 2.45) is 0 Å². The molecular formula is C15H20Cl2N2O2. The second kappa shape index (κ2) is 7.45. The van der Waals surface area contributed by atoms with Crippen LogP contribution in [-0.2, 0) is 11.3 Å². The van der Waals surface area contributed by atoms with E-state index in [2.05, 4.69) is 0 Å². The van der Waals surface area contributed by atoms with Crippen LogP contribution in [0.2, 0.25) is 10.0 Å². The summed E-state index contributed by atoms with van der Waals surface area (Å²) in [7, 11) is 1.87. The lowest BCUT2D eigenvalue weighted by Gasteiger charge is -2.31. The summed E-state index contributed by atoms with van der Waals surface area (Å²) in [5, 5.41) is 10.7. The summed E-state index contributed by atoms with van der Waals surface area (Å²) in [6.45, 7) is 2.10. The summed E-state index contributed by atoms with van der Waals surface area (Å²) in [4.78, 5) is 15.9. The molecule has 0 saturated carbocycles. The summed E-state index contributed by atoms with van der Waals surface area (Å²) in [5.41, 5.74) is 0.838. The van der Waals surface area contributed by atoms with E-state index in [1.165, 1.54) is 0 Å². The minimum Gasteiger partial charge on any atom is -0.393 e. The number of likely N-dealkylation sites (N-methyl/N-ethyl adjacent to an activating group) is 1. The molecular weight excluding hydrogens is 311 g/mol. The Morgan fingerprint density at radius 1 is 1.33 bits per heavy atom. The van der Waals surface area contributed by atoms with Gasteiger partial charge >= 0.3 is 0 Å². The summed E-state index contributed by atoms with van der Waals surface area (Å²) in [6.07, 6.45) is 1.05. The maximum absolute atomic E-state index is 12.2. The van der Waals surface area contributed by atoms with Crippen molar-refractivity contribution in [1.29, 1.82) is 0 Å². The van der Waals surface area contributed by atoms with Crippen molar-refractivity contribution < 1.29 is 9.90 Å². The van der Waals surface area contributed by atoms with Gasteiger partial charge in [0, 0.05) is 35.2 Å². The molecule has 1 heterocycles. The molecule has 1 saturated heterocycles. The largest absolute Gasteiger partial charge is 0.393 e. The third-order valence-corrected chi connectivity index (χ3v) is 4.42. The van der Waals surface area contributed by atoms with Crippen molar-refractivity contribution in [2.45, 2.75) is 25.5 Å². The van der Waals surface area contributed by atoms with Gasteiger partial charge in [-0.1, -0.05) is 29.3 Å². The lowest BCUT2D eigenvalue weighted by atomic mass is 10.1. The van der Waals surface area contributed by atoms with Crippen LogP contribution in [0.3, 0.4) is 0 Å². The molecule has 1 aromatic carbocycles. The molecule has 0 spiro atoms. The quantitative estimate of drug-likeness (QED) is 0.921. The number of rotatable bonds is 4. The molecule has 2 rings (SSSR count). The van der Waals surface area contributed by atoms with Gasteiger partial charge < -0.3 is 10.0 Å². The number of nitrogens with zero attached hydrogens (tertiary/aromatic N) is 2. The molecule has 0 aromatic heterocycles. The van der Waals surface area contributed by atoms with Gasteiger partial charge in [-0.25, -0.2) is 0 Å². The van der Waals surface area contributed by atoms with Crippen LogP contribution in [0.5, 0.6) is 0 Å². The Kier molecular flexibility index (Phi) is 5.88. The minimum atomic E-state index is -0.270. The number of amides is 1. The zero-order valence-electron chi connectivity index (χ0n) is 12.1. The Balaban J connectivity index is 1.89. The first-order valence-electron chi connectivity index (χ1n) is 7.04. The number of hydrogen-bond acceptors (Lipinski definition) is 3. The normalized spacial score (nSPS) is 16.5. The highest BCUT2D eigenvalue weighted by Crippen LogP contribution is 2.25. The van der Waals surface area contributed by atoms with Gasteiger partial charge in [0.25, 0.3) is 0 Å². The number of likely N-dealkylation sites (tertiary alicyclic amines) is 1. The van der Waals surface area contributed by atoms with Gasteiger partial charge in [0.2, 0.25) is 5.91 Å². The third-order valence-electron chi connectivity index (χ3n) is 3.71. The van der Waals surface area contributed by atoms with Crippen LogP contribution in [-0.4, -0.2) is 53.6 Å². The molecule has 4 nitrogen and oxygen atoms in total. The lowest BCUT2D eigenvalue weighted by Crippen LogP contribution is -2.44. The highest BCUT2D eigenvalue weighted by Gasteiger charge is 2.22. The summed E-state index contributed by atoms with van der Waals surface area (Å²) in [6, 6.07) is 5.40. The van der Waals surface area contributed by atoms with Crippen LogP contribution >= 0.6 is 23.2 Å². The average Bonchev–Trinajstić information content (AvgIpc) is 2.43. The number of benzene rings is 1. The lowest BCUT2D eigenvalue weighted by molar-refractivity contribution is -0.134. The van der Waals surface area contributed by atoms with E-state index < -0.39 is 0 Å². The zero-order chi connectivity index (χ0) is 15.4. The second-order valence-electron chi connectivity index (χ2n) is 5.48. The minimum absolute atomic E-state index is 0.0765. The van der Waals surface area contributed by atoms with E-state index in [0.29, 0.717) is 49.1 Å². The van der Waals surface area contributed by atoms with Gasteiger partial charge in [-0.3, -0.25) is 9.69 Å². The maximum atomic E-state index is 12.2. The van der Waals surface area contributed by atoms with E-state index in [1.54, 1.807) is 23.1 Å². The van der Waals surface area contributed by atoms with Crippen LogP contribution in [0.1, 0.15) is 18.4 Å². The van der Waals surface area contributed by atoms with E-state index >= 15 is 0 Å². The molecule has 0 aliphatic carbocycles. The summed E-state index contributed by atoms with van der Waals surface area (Å²) >= 11 is 12.3. The molecule has 1 aliphatic heterocycles. The predicted octanol–water partition coefficient (Wildman–Crippen LogP) is 2.41. The molecule has 6 heteroatoms. The van der Waals surface area contributed by atoms with Crippen molar-refractivity contribution >= 4 is 29.1 Å². The molecule has 21 heavy (non-hydrogen) atoms. The van der Waals surface area contributed by atoms with E-state index in [1.807, 2.05) is 11.9 Å². The molecule has 116 valence electrons. The van der Waals surface area contributed by atoms with Crippen molar-refractivity contribution in [2.75, 3.05) is 26.7 Å². The van der Waals surface area contributed by atoms with Gasteiger partial charge in [0.05, 0.1) is 12.6 Å². The standard InChI is InChI=1S/C15H20Cl2N2O2/c1-18(9-12-13(16)3-2-4-14(12)17)10-15(21)19-7-5-11(20)6-8-19/h2-4,11,20H,5-10H2,1H3. The molecule has 0 unspecified atom stereocenters. The number of carbonyl (C=O) groups excluding carboxylic acids is 1. The Labute approximate surface area is 135 Å². The molecule has 1 N–H and O–H groups in total. The highest BCUT2D eigenvalue weighted by molar-refractivity contribution is 6.35. The first-order chi connectivity index (χ1) is 9.97. The second-order valence-corrected chi connectivity index (χ2v) is 6.30. The van der Waals surface area contributed by atoms with Crippen LogP contribution in [0.25, 0.3) is 0 Å². The van der Waals surface area contributed by atoms with Crippen LogP contribution in [0.15, 0.2) is 18.2 Å². The molecule has 1 fully saturated rings. The smallest absolute Gasteiger partial charge is 0.236 e. The third kappa shape index (κ3) is 4.58. The van der Waals surface area contributed by atoms with E-state index in [0.717, 1.165) is 5.56 Å². The Bertz CT molecular complexity index is 482. The van der Waals surface area contributed by atoms with Gasteiger partial charge in [0.15, 0.2) is 0 Å². The molecule has 0 atom stereocenters.